The van der Waals surface area contributed by atoms with Crippen molar-refractivity contribution in [3.63, 3.8) is 0 Å². The highest BCUT2D eigenvalue weighted by atomic mass is 19.4. The summed E-state index contributed by atoms with van der Waals surface area (Å²) in [5.74, 6) is -3.82. The van der Waals surface area contributed by atoms with Crippen LogP contribution in [-0.2, 0) is 34.1 Å². The Morgan fingerprint density at radius 1 is 1.06 bits per heavy atom. The van der Waals surface area contributed by atoms with Crippen LogP contribution in [0.2, 0.25) is 0 Å². The third-order valence-corrected chi connectivity index (χ3v) is 5.46. The fourth-order valence-electron chi connectivity index (χ4n) is 3.97. The molecular formula is C23H19F3O6. The highest BCUT2D eigenvalue weighted by molar-refractivity contribution is 5.85. The molecule has 4 atom stereocenters. The van der Waals surface area contributed by atoms with Crippen molar-refractivity contribution in [2.24, 2.45) is 0 Å². The van der Waals surface area contributed by atoms with E-state index < -0.39 is 47.3 Å². The molecule has 2 aliphatic heterocycles. The molecule has 32 heavy (non-hydrogen) atoms. The van der Waals surface area contributed by atoms with Gasteiger partial charge in [0.15, 0.2) is 0 Å². The highest BCUT2D eigenvalue weighted by Crippen LogP contribution is 2.48. The summed E-state index contributed by atoms with van der Waals surface area (Å²) in [6.45, 7) is 0. The molecule has 0 saturated carbocycles. The summed E-state index contributed by atoms with van der Waals surface area (Å²) in [7, 11) is 0.796. The summed E-state index contributed by atoms with van der Waals surface area (Å²) in [6, 6.07) is 15.0. The average molecular weight is 448 g/mol. The van der Waals surface area contributed by atoms with Crippen molar-refractivity contribution < 1.29 is 41.7 Å². The Kier molecular flexibility index (Phi) is 5.56. The van der Waals surface area contributed by atoms with Crippen molar-refractivity contribution in [3.05, 3.63) is 83.9 Å². The van der Waals surface area contributed by atoms with E-state index in [0.717, 1.165) is 25.3 Å². The molecule has 0 aliphatic carbocycles. The van der Waals surface area contributed by atoms with Crippen molar-refractivity contribution in [3.8, 4) is 0 Å². The second kappa shape index (κ2) is 8.07. The van der Waals surface area contributed by atoms with Gasteiger partial charge in [-0.3, -0.25) is 0 Å². The molecule has 0 unspecified atom stereocenters. The number of alkyl halides is 3. The predicted molar refractivity (Wildman–Crippen MR) is 104 cm³/mol. The number of carbonyl (C=O) groups excluding carboxylic acids is 2. The Morgan fingerprint density at radius 2 is 1.69 bits per heavy atom. The minimum Gasteiger partial charge on any atom is -0.456 e. The fraction of sp³-hybridized carbons (Fsp3) is 0.304. The molecule has 1 fully saturated rings. The Labute approximate surface area is 181 Å². The van der Waals surface area contributed by atoms with Crippen molar-refractivity contribution in [2.75, 3.05) is 7.11 Å². The molecule has 0 N–H and O–H groups in total. The molecule has 168 valence electrons. The van der Waals surface area contributed by atoms with Gasteiger partial charge in [0.05, 0.1) is 6.42 Å². The molecule has 1 spiro atoms. The van der Waals surface area contributed by atoms with Crippen LogP contribution >= 0.6 is 0 Å². The van der Waals surface area contributed by atoms with Crippen LogP contribution in [0.4, 0.5) is 13.2 Å². The van der Waals surface area contributed by atoms with Crippen LogP contribution in [0.1, 0.15) is 23.7 Å². The SMILES string of the molecule is CO[C@](C(=O)O[C@H]1C[C@]2(C=CC(=O)O2)O[C@@H]1c1ccccc1)(c1ccccc1)C(F)(F)F. The molecule has 4 rings (SSSR count). The molecule has 0 amide bonds. The van der Waals surface area contributed by atoms with Crippen LogP contribution in [0, 0.1) is 0 Å². The number of rotatable bonds is 5. The van der Waals surface area contributed by atoms with Gasteiger partial charge >= 0.3 is 18.1 Å². The van der Waals surface area contributed by atoms with E-state index in [1.807, 2.05) is 0 Å². The number of methoxy groups -OCH3 is 1. The van der Waals surface area contributed by atoms with Gasteiger partial charge < -0.3 is 18.9 Å². The molecule has 2 heterocycles. The maximum absolute atomic E-state index is 14.2. The van der Waals surface area contributed by atoms with Gasteiger partial charge in [-0.15, -0.1) is 0 Å². The van der Waals surface area contributed by atoms with Crippen molar-refractivity contribution >= 4 is 11.9 Å². The van der Waals surface area contributed by atoms with Gasteiger partial charge in [-0.1, -0.05) is 60.7 Å². The molecule has 0 aromatic heterocycles. The lowest BCUT2D eigenvalue weighted by Gasteiger charge is -2.33. The minimum absolute atomic E-state index is 0.174. The number of hydrogen-bond donors (Lipinski definition) is 0. The summed E-state index contributed by atoms with van der Waals surface area (Å²) >= 11 is 0. The monoisotopic (exact) mass is 448 g/mol. The first-order chi connectivity index (χ1) is 15.2. The van der Waals surface area contributed by atoms with E-state index in [1.54, 1.807) is 30.3 Å². The van der Waals surface area contributed by atoms with Crippen LogP contribution in [0.25, 0.3) is 0 Å². The van der Waals surface area contributed by atoms with E-state index in [0.29, 0.717) is 5.56 Å². The number of halogens is 3. The zero-order valence-corrected chi connectivity index (χ0v) is 16.9. The van der Waals surface area contributed by atoms with Crippen LogP contribution in [-0.4, -0.2) is 37.1 Å². The summed E-state index contributed by atoms with van der Waals surface area (Å²) in [6.07, 6.45) is -4.91. The van der Waals surface area contributed by atoms with Gasteiger partial charge in [0.1, 0.15) is 12.2 Å². The van der Waals surface area contributed by atoms with Gasteiger partial charge in [0.25, 0.3) is 5.60 Å². The number of carbonyl (C=O) groups is 2. The van der Waals surface area contributed by atoms with E-state index in [1.165, 1.54) is 24.3 Å². The van der Waals surface area contributed by atoms with E-state index in [9.17, 15) is 22.8 Å². The smallest absolute Gasteiger partial charge is 0.432 e. The van der Waals surface area contributed by atoms with E-state index >= 15 is 0 Å². The Bertz CT molecular complexity index is 1020. The second-order valence-corrected chi connectivity index (χ2v) is 7.41. The van der Waals surface area contributed by atoms with Crippen molar-refractivity contribution in [1.29, 1.82) is 0 Å². The molecule has 2 aromatic carbocycles. The van der Waals surface area contributed by atoms with Gasteiger partial charge in [0, 0.05) is 18.7 Å². The number of hydrogen-bond acceptors (Lipinski definition) is 6. The topological polar surface area (TPSA) is 71.1 Å². The van der Waals surface area contributed by atoms with Gasteiger partial charge in [-0.2, -0.15) is 13.2 Å². The lowest BCUT2D eigenvalue weighted by molar-refractivity contribution is -0.278. The second-order valence-electron chi connectivity index (χ2n) is 7.41. The largest absolute Gasteiger partial charge is 0.456 e. The van der Waals surface area contributed by atoms with Crippen LogP contribution in [0.3, 0.4) is 0 Å². The molecule has 1 saturated heterocycles. The van der Waals surface area contributed by atoms with E-state index in [-0.39, 0.29) is 6.42 Å². The van der Waals surface area contributed by atoms with Crippen LogP contribution < -0.4 is 0 Å². The molecule has 2 aromatic rings. The van der Waals surface area contributed by atoms with Crippen LogP contribution in [0.15, 0.2) is 72.8 Å². The number of benzene rings is 2. The highest BCUT2D eigenvalue weighted by Gasteiger charge is 2.65. The zero-order chi connectivity index (χ0) is 23.0. The minimum atomic E-state index is -5.11. The fourth-order valence-corrected chi connectivity index (χ4v) is 3.97. The molecule has 0 bridgehead atoms. The molecular weight excluding hydrogens is 429 g/mol. The first-order valence-corrected chi connectivity index (χ1v) is 9.74. The Balaban J connectivity index is 1.70. The lowest BCUT2D eigenvalue weighted by atomic mass is 9.92. The third kappa shape index (κ3) is 3.67. The lowest BCUT2D eigenvalue weighted by Crippen LogP contribution is -2.52. The molecule has 2 aliphatic rings. The predicted octanol–water partition coefficient (Wildman–Crippen LogP) is 3.97. The van der Waals surface area contributed by atoms with Gasteiger partial charge in [-0.05, 0) is 11.6 Å². The Hall–Kier alpha value is -3.17. The standard InChI is InChI=1S/C23H19F3O6/c1-29-22(23(24,25)26,16-10-6-3-7-11-16)20(28)30-17-14-21(13-12-18(27)31-21)32-19(17)15-8-4-2-5-9-15/h2-13,17,19H,14H2,1H3/t17-,19+,21-,22-/m0/s1. The van der Waals surface area contributed by atoms with Crippen molar-refractivity contribution in [1.82, 2.24) is 0 Å². The number of esters is 2. The first-order valence-electron chi connectivity index (χ1n) is 9.74. The molecule has 6 nitrogen and oxygen atoms in total. The summed E-state index contributed by atoms with van der Waals surface area (Å²) in [5, 5.41) is 0. The zero-order valence-electron chi connectivity index (χ0n) is 16.9. The van der Waals surface area contributed by atoms with Gasteiger partial charge in [-0.25, -0.2) is 9.59 Å². The first kappa shape index (κ1) is 22.0. The van der Waals surface area contributed by atoms with E-state index in [4.69, 9.17) is 18.9 Å². The summed E-state index contributed by atoms with van der Waals surface area (Å²) in [4.78, 5) is 24.7. The quantitative estimate of drug-likeness (QED) is 0.645. The number of ether oxygens (including phenoxy) is 4. The summed E-state index contributed by atoms with van der Waals surface area (Å²) < 4.78 is 63.9. The maximum Gasteiger partial charge on any atom is 0.432 e. The van der Waals surface area contributed by atoms with Gasteiger partial charge in [0.2, 0.25) is 5.79 Å². The van der Waals surface area contributed by atoms with E-state index in [2.05, 4.69) is 0 Å². The maximum atomic E-state index is 14.2. The third-order valence-electron chi connectivity index (χ3n) is 5.46. The normalized spacial score (nSPS) is 26.7. The molecule has 9 heteroatoms. The average Bonchev–Trinajstić information content (AvgIpc) is 3.30. The Morgan fingerprint density at radius 3 is 2.22 bits per heavy atom. The van der Waals surface area contributed by atoms with Crippen molar-refractivity contribution in [2.45, 2.75) is 36.2 Å². The van der Waals surface area contributed by atoms with Crippen LogP contribution in [0.5, 0.6) is 0 Å². The summed E-state index contributed by atoms with van der Waals surface area (Å²) in [5.41, 5.74) is -3.21. The molecule has 0 radical (unpaired) electrons.